The van der Waals surface area contributed by atoms with Gasteiger partial charge in [-0.25, -0.2) is 0 Å². The van der Waals surface area contributed by atoms with E-state index in [1.54, 1.807) is 32.2 Å². The van der Waals surface area contributed by atoms with Gasteiger partial charge in [-0.15, -0.1) is 0 Å². The molecule has 0 fully saturated rings. The van der Waals surface area contributed by atoms with Crippen LogP contribution in [0.15, 0.2) is 72.8 Å². The number of hydrogen-bond donors (Lipinski definition) is 3. The maximum atomic E-state index is 12.9. The highest BCUT2D eigenvalue weighted by Gasteiger charge is 2.17. The van der Waals surface area contributed by atoms with Crippen molar-refractivity contribution in [3.63, 3.8) is 0 Å². The van der Waals surface area contributed by atoms with Crippen LogP contribution in [0.4, 0.5) is 17.1 Å². The second kappa shape index (κ2) is 9.60. The van der Waals surface area contributed by atoms with Gasteiger partial charge >= 0.3 is 0 Å². The molecule has 3 aromatic rings. The Morgan fingerprint density at radius 1 is 0.867 bits per heavy atom. The highest BCUT2D eigenvalue weighted by atomic mass is 16.5. The number of para-hydroxylation sites is 1. The lowest BCUT2D eigenvalue weighted by atomic mass is 10.0. The lowest BCUT2D eigenvalue weighted by Crippen LogP contribution is -2.32. The summed E-state index contributed by atoms with van der Waals surface area (Å²) >= 11 is 0. The monoisotopic (exact) mass is 403 g/mol. The maximum Gasteiger partial charge on any atom is 0.246 e. The van der Waals surface area contributed by atoms with E-state index in [2.05, 4.69) is 16.0 Å². The third-order valence-corrected chi connectivity index (χ3v) is 4.55. The Morgan fingerprint density at radius 2 is 1.57 bits per heavy atom. The summed E-state index contributed by atoms with van der Waals surface area (Å²) in [5.41, 5.74) is 3.94. The second-order valence-corrected chi connectivity index (χ2v) is 6.86. The molecule has 0 unspecified atom stereocenters. The summed E-state index contributed by atoms with van der Waals surface area (Å²) in [5.74, 6) is 0.216. The van der Waals surface area contributed by atoms with E-state index < -0.39 is 6.04 Å². The molecule has 0 saturated heterocycles. The number of benzene rings is 3. The van der Waals surface area contributed by atoms with Gasteiger partial charge in [0.1, 0.15) is 11.8 Å². The number of rotatable bonds is 7. The number of methoxy groups -OCH3 is 1. The van der Waals surface area contributed by atoms with Crippen molar-refractivity contribution < 1.29 is 14.3 Å². The molecule has 0 spiro atoms. The molecule has 0 aliphatic carbocycles. The minimum Gasteiger partial charge on any atom is -0.495 e. The Hall–Kier alpha value is -3.80. The van der Waals surface area contributed by atoms with Gasteiger partial charge in [0.2, 0.25) is 11.8 Å². The predicted octanol–water partition coefficient (Wildman–Crippen LogP) is 4.76. The van der Waals surface area contributed by atoms with Crippen molar-refractivity contribution in [1.29, 1.82) is 0 Å². The molecule has 0 saturated carbocycles. The van der Waals surface area contributed by atoms with Gasteiger partial charge in [0, 0.05) is 23.9 Å². The van der Waals surface area contributed by atoms with Gasteiger partial charge in [-0.3, -0.25) is 9.59 Å². The Labute approximate surface area is 176 Å². The largest absolute Gasteiger partial charge is 0.495 e. The van der Waals surface area contributed by atoms with Crippen molar-refractivity contribution in [3.05, 3.63) is 72.8 Å². The van der Waals surface area contributed by atoms with E-state index in [1.165, 1.54) is 6.92 Å². The average Bonchev–Trinajstić information content (AvgIpc) is 2.74. The fourth-order valence-corrected chi connectivity index (χ4v) is 3.10. The third-order valence-electron chi connectivity index (χ3n) is 4.55. The summed E-state index contributed by atoms with van der Waals surface area (Å²) < 4.78 is 5.37. The molecule has 3 aromatic carbocycles. The molecule has 154 valence electrons. The molecule has 3 rings (SSSR count). The van der Waals surface area contributed by atoms with Crippen LogP contribution in [0.25, 0.3) is 11.1 Å². The Morgan fingerprint density at radius 3 is 2.27 bits per heavy atom. The second-order valence-electron chi connectivity index (χ2n) is 6.86. The van der Waals surface area contributed by atoms with Gasteiger partial charge in [0.15, 0.2) is 0 Å². The first-order valence-corrected chi connectivity index (χ1v) is 9.65. The van der Waals surface area contributed by atoms with Crippen molar-refractivity contribution >= 4 is 28.9 Å². The van der Waals surface area contributed by atoms with E-state index in [0.717, 1.165) is 16.8 Å². The van der Waals surface area contributed by atoms with Crippen molar-refractivity contribution in [3.8, 4) is 16.9 Å². The summed E-state index contributed by atoms with van der Waals surface area (Å²) in [5, 5.41) is 8.90. The van der Waals surface area contributed by atoms with Gasteiger partial charge in [0.25, 0.3) is 0 Å². The number of anilines is 3. The number of carbonyl (C=O) groups is 2. The molecule has 0 heterocycles. The van der Waals surface area contributed by atoms with Crippen LogP contribution in [0, 0.1) is 0 Å². The molecule has 0 radical (unpaired) electrons. The molecule has 1 atom stereocenters. The van der Waals surface area contributed by atoms with Crippen molar-refractivity contribution in [2.24, 2.45) is 0 Å². The summed E-state index contributed by atoms with van der Waals surface area (Å²) in [6.45, 7) is 3.21. The molecule has 2 amide bonds. The number of ether oxygens (including phenoxy) is 1. The molecular weight excluding hydrogens is 378 g/mol. The summed E-state index contributed by atoms with van der Waals surface area (Å²) in [6.07, 6.45) is 0. The van der Waals surface area contributed by atoms with Crippen molar-refractivity contribution in [2.75, 3.05) is 23.1 Å². The molecule has 0 aliphatic rings. The fraction of sp³-hybridized carbons (Fsp3) is 0.167. The summed E-state index contributed by atoms with van der Waals surface area (Å²) in [6, 6.07) is 22.3. The average molecular weight is 403 g/mol. The number of hydrogen-bond acceptors (Lipinski definition) is 4. The summed E-state index contributed by atoms with van der Waals surface area (Å²) in [7, 11) is 1.55. The molecule has 30 heavy (non-hydrogen) atoms. The smallest absolute Gasteiger partial charge is 0.246 e. The molecule has 0 aromatic heterocycles. The van der Waals surface area contributed by atoms with Crippen LogP contribution in [0.5, 0.6) is 5.75 Å². The van der Waals surface area contributed by atoms with E-state index >= 15 is 0 Å². The fourth-order valence-electron chi connectivity index (χ4n) is 3.10. The van der Waals surface area contributed by atoms with Gasteiger partial charge < -0.3 is 20.7 Å². The molecule has 0 aliphatic heterocycles. The lowest BCUT2D eigenvalue weighted by molar-refractivity contribution is -0.116. The minimum absolute atomic E-state index is 0.172. The van der Waals surface area contributed by atoms with E-state index in [1.807, 2.05) is 54.6 Å². The van der Waals surface area contributed by atoms with Crippen LogP contribution in [-0.4, -0.2) is 25.0 Å². The molecule has 0 bridgehead atoms. The zero-order valence-corrected chi connectivity index (χ0v) is 17.2. The highest BCUT2D eigenvalue weighted by Crippen LogP contribution is 2.30. The van der Waals surface area contributed by atoms with Crippen LogP contribution < -0.4 is 20.7 Å². The number of amides is 2. The highest BCUT2D eigenvalue weighted by molar-refractivity contribution is 6.00. The van der Waals surface area contributed by atoms with Crippen molar-refractivity contribution in [1.82, 2.24) is 0 Å². The standard InChI is InChI=1S/C24H25N3O3/c1-16(25-22-15-19(26-17(2)28)13-14-23(22)30-3)24(29)27-21-12-8-7-11-20(21)18-9-5-4-6-10-18/h4-16,25H,1-3H3,(H,26,28)(H,27,29)/t16-/m0/s1. The van der Waals surface area contributed by atoms with E-state index in [9.17, 15) is 9.59 Å². The quantitative estimate of drug-likeness (QED) is 0.531. The topological polar surface area (TPSA) is 79.5 Å². The SMILES string of the molecule is COc1ccc(NC(C)=O)cc1N[C@@H](C)C(=O)Nc1ccccc1-c1ccccc1. The molecule has 3 N–H and O–H groups in total. The maximum absolute atomic E-state index is 12.9. The first-order valence-electron chi connectivity index (χ1n) is 9.65. The molecule has 6 nitrogen and oxygen atoms in total. The molecule has 6 heteroatoms. The van der Waals surface area contributed by atoms with Gasteiger partial charge in [-0.2, -0.15) is 0 Å². The first kappa shape index (κ1) is 20.9. The Kier molecular flexibility index (Phi) is 6.70. The number of nitrogens with one attached hydrogen (secondary N) is 3. The van der Waals surface area contributed by atoms with E-state index in [-0.39, 0.29) is 11.8 Å². The lowest BCUT2D eigenvalue weighted by Gasteiger charge is -2.19. The predicted molar refractivity (Wildman–Crippen MR) is 121 cm³/mol. The number of carbonyl (C=O) groups excluding carboxylic acids is 2. The third kappa shape index (κ3) is 5.17. The zero-order valence-electron chi connectivity index (χ0n) is 17.2. The zero-order chi connectivity index (χ0) is 21.5. The summed E-state index contributed by atoms with van der Waals surface area (Å²) in [4.78, 5) is 24.2. The van der Waals surface area contributed by atoms with Crippen LogP contribution in [0.2, 0.25) is 0 Å². The van der Waals surface area contributed by atoms with Crippen LogP contribution in [0.1, 0.15) is 13.8 Å². The normalized spacial score (nSPS) is 11.3. The van der Waals surface area contributed by atoms with Gasteiger partial charge in [-0.05, 0) is 36.8 Å². The minimum atomic E-state index is -0.546. The van der Waals surface area contributed by atoms with Crippen LogP contribution >= 0.6 is 0 Å². The van der Waals surface area contributed by atoms with Crippen LogP contribution in [-0.2, 0) is 9.59 Å². The van der Waals surface area contributed by atoms with Gasteiger partial charge in [0.05, 0.1) is 12.8 Å². The van der Waals surface area contributed by atoms with E-state index in [0.29, 0.717) is 17.1 Å². The molecular formula is C24H25N3O3. The van der Waals surface area contributed by atoms with E-state index in [4.69, 9.17) is 4.74 Å². The Balaban J connectivity index is 1.77. The van der Waals surface area contributed by atoms with Gasteiger partial charge in [-0.1, -0.05) is 48.5 Å². The van der Waals surface area contributed by atoms with Crippen LogP contribution in [0.3, 0.4) is 0 Å². The first-order chi connectivity index (χ1) is 14.5. The van der Waals surface area contributed by atoms with Crippen molar-refractivity contribution in [2.45, 2.75) is 19.9 Å². The Bertz CT molecular complexity index is 1030.